The molecule has 3 rings (SSSR count). The molecule has 3 aromatic rings. The molecule has 2 heterocycles. The standard InChI is InChI=1S/C15H9F3N4.C3H8/c1-20-15-12(18)2-7(5-19)13(22-15)10-6-21-14-9(10)3-8(16)4-11(14)17;1-3-2/h2-4,6,21H,1H3,(H,20,22);3H2,1-2H3. The molecular weight excluding hydrogens is 329 g/mol. The monoisotopic (exact) mass is 346 g/mol. The first-order valence-electron chi connectivity index (χ1n) is 7.71. The average Bonchev–Trinajstić information content (AvgIpc) is 2.99. The van der Waals surface area contributed by atoms with Crippen LogP contribution in [-0.4, -0.2) is 17.0 Å². The van der Waals surface area contributed by atoms with E-state index in [9.17, 15) is 13.2 Å². The van der Waals surface area contributed by atoms with Crippen molar-refractivity contribution in [2.24, 2.45) is 0 Å². The summed E-state index contributed by atoms with van der Waals surface area (Å²) in [6.07, 6.45) is 2.66. The van der Waals surface area contributed by atoms with E-state index in [4.69, 9.17) is 5.26 Å². The van der Waals surface area contributed by atoms with Crippen molar-refractivity contribution in [3.05, 3.63) is 47.4 Å². The van der Waals surface area contributed by atoms with Crippen molar-refractivity contribution in [1.29, 1.82) is 5.26 Å². The van der Waals surface area contributed by atoms with Crippen LogP contribution in [0.25, 0.3) is 22.2 Å². The van der Waals surface area contributed by atoms with Crippen LogP contribution in [-0.2, 0) is 0 Å². The lowest BCUT2D eigenvalue weighted by Crippen LogP contribution is -2.00. The molecule has 0 aliphatic carbocycles. The third kappa shape index (κ3) is 3.58. The van der Waals surface area contributed by atoms with Gasteiger partial charge >= 0.3 is 0 Å². The number of hydrogen-bond donors (Lipinski definition) is 2. The van der Waals surface area contributed by atoms with Gasteiger partial charge in [-0.1, -0.05) is 20.3 Å². The summed E-state index contributed by atoms with van der Waals surface area (Å²) in [5.41, 5.74) is 0.533. The maximum atomic E-state index is 13.7. The first-order valence-corrected chi connectivity index (χ1v) is 7.71. The topological polar surface area (TPSA) is 64.5 Å². The van der Waals surface area contributed by atoms with E-state index >= 15 is 0 Å². The quantitative estimate of drug-likeness (QED) is 0.688. The van der Waals surface area contributed by atoms with E-state index in [1.54, 1.807) is 0 Å². The summed E-state index contributed by atoms with van der Waals surface area (Å²) >= 11 is 0. The largest absolute Gasteiger partial charge is 0.371 e. The molecule has 0 amide bonds. The van der Waals surface area contributed by atoms with Crippen molar-refractivity contribution in [3.63, 3.8) is 0 Å². The molecule has 0 bridgehead atoms. The van der Waals surface area contributed by atoms with E-state index in [1.807, 2.05) is 6.07 Å². The van der Waals surface area contributed by atoms with E-state index in [2.05, 4.69) is 29.1 Å². The summed E-state index contributed by atoms with van der Waals surface area (Å²) in [7, 11) is 1.48. The van der Waals surface area contributed by atoms with Crippen molar-refractivity contribution in [2.45, 2.75) is 20.3 Å². The first kappa shape index (κ1) is 18.3. The SMILES string of the molecule is CCC.CNc1nc(-c2c[nH]c3c(F)cc(F)cc23)c(C#N)cc1F. The zero-order valence-electron chi connectivity index (χ0n) is 14.0. The zero-order valence-corrected chi connectivity index (χ0v) is 14.0. The van der Waals surface area contributed by atoms with Gasteiger partial charge in [0.2, 0.25) is 0 Å². The van der Waals surface area contributed by atoms with Gasteiger partial charge in [0.25, 0.3) is 0 Å². The number of nitriles is 1. The number of H-pyrrole nitrogens is 1. The van der Waals surface area contributed by atoms with Crippen LogP contribution in [0.5, 0.6) is 0 Å². The van der Waals surface area contributed by atoms with Crippen LogP contribution in [0, 0.1) is 28.8 Å². The fourth-order valence-electron chi connectivity index (χ4n) is 2.31. The molecule has 0 fully saturated rings. The number of aromatic nitrogens is 2. The third-order valence-corrected chi connectivity index (χ3v) is 3.29. The van der Waals surface area contributed by atoms with E-state index in [0.717, 1.165) is 18.2 Å². The number of benzene rings is 1. The molecule has 0 saturated carbocycles. The second-order valence-corrected chi connectivity index (χ2v) is 5.30. The predicted octanol–water partition coefficient (Wildman–Crippen LogP) is 4.98. The number of hydrogen-bond acceptors (Lipinski definition) is 3. The van der Waals surface area contributed by atoms with Gasteiger partial charge in [0.05, 0.1) is 16.8 Å². The Morgan fingerprint density at radius 1 is 1.16 bits per heavy atom. The van der Waals surface area contributed by atoms with Gasteiger partial charge < -0.3 is 10.3 Å². The van der Waals surface area contributed by atoms with Crippen LogP contribution in [0.3, 0.4) is 0 Å². The molecule has 2 N–H and O–H groups in total. The lowest BCUT2D eigenvalue weighted by molar-refractivity contribution is 0.591. The van der Waals surface area contributed by atoms with Gasteiger partial charge in [-0.3, -0.25) is 0 Å². The fourth-order valence-corrected chi connectivity index (χ4v) is 2.31. The molecule has 130 valence electrons. The van der Waals surface area contributed by atoms with Gasteiger partial charge in [0.15, 0.2) is 11.6 Å². The molecule has 4 nitrogen and oxygen atoms in total. The summed E-state index contributed by atoms with van der Waals surface area (Å²) in [6.45, 7) is 4.25. The smallest absolute Gasteiger partial charge is 0.166 e. The van der Waals surface area contributed by atoms with Crippen molar-refractivity contribution < 1.29 is 13.2 Å². The Bertz CT molecular complexity index is 942. The van der Waals surface area contributed by atoms with Crippen molar-refractivity contribution in [1.82, 2.24) is 9.97 Å². The summed E-state index contributed by atoms with van der Waals surface area (Å²) in [6, 6.07) is 4.76. The normalized spacial score (nSPS) is 10.1. The number of pyridine rings is 1. The molecular formula is C18H17F3N4. The van der Waals surface area contributed by atoms with Crippen LogP contribution < -0.4 is 5.32 Å². The Morgan fingerprint density at radius 2 is 1.84 bits per heavy atom. The lowest BCUT2D eigenvalue weighted by Gasteiger charge is -2.07. The molecule has 0 radical (unpaired) electrons. The molecule has 0 aliphatic heterocycles. The molecule has 25 heavy (non-hydrogen) atoms. The molecule has 7 heteroatoms. The molecule has 0 spiro atoms. The van der Waals surface area contributed by atoms with Crippen LogP contribution in [0.2, 0.25) is 0 Å². The van der Waals surface area contributed by atoms with Gasteiger partial charge in [-0.25, -0.2) is 18.2 Å². The average molecular weight is 346 g/mol. The lowest BCUT2D eigenvalue weighted by atomic mass is 10.0. The Balaban J connectivity index is 0.000000701. The number of rotatable bonds is 2. The van der Waals surface area contributed by atoms with Gasteiger partial charge in [-0.15, -0.1) is 0 Å². The summed E-state index contributed by atoms with van der Waals surface area (Å²) < 4.78 is 40.9. The molecule has 0 saturated heterocycles. The van der Waals surface area contributed by atoms with E-state index in [1.165, 1.54) is 19.7 Å². The van der Waals surface area contributed by atoms with E-state index < -0.39 is 17.5 Å². The van der Waals surface area contributed by atoms with Crippen molar-refractivity contribution in [3.8, 4) is 17.3 Å². The Kier molecular flexibility index (Phi) is 5.65. The maximum absolute atomic E-state index is 13.7. The fraction of sp³-hybridized carbons (Fsp3) is 0.222. The van der Waals surface area contributed by atoms with Gasteiger partial charge in [-0.2, -0.15) is 5.26 Å². The summed E-state index contributed by atoms with van der Waals surface area (Å²) in [4.78, 5) is 6.72. The number of anilines is 1. The van der Waals surface area contributed by atoms with Crippen LogP contribution in [0.4, 0.5) is 19.0 Å². The minimum absolute atomic E-state index is 0.0259. The zero-order chi connectivity index (χ0) is 18.6. The van der Waals surface area contributed by atoms with E-state index in [0.29, 0.717) is 5.56 Å². The number of halogens is 3. The summed E-state index contributed by atoms with van der Waals surface area (Å²) in [5, 5.41) is 11.9. The van der Waals surface area contributed by atoms with Crippen molar-refractivity contribution >= 4 is 16.7 Å². The highest BCUT2D eigenvalue weighted by Gasteiger charge is 2.18. The number of aromatic amines is 1. The highest BCUT2D eigenvalue weighted by Crippen LogP contribution is 2.32. The summed E-state index contributed by atoms with van der Waals surface area (Å²) in [5.74, 6) is -2.24. The highest BCUT2D eigenvalue weighted by atomic mass is 19.1. The minimum Gasteiger partial charge on any atom is -0.371 e. The van der Waals surface area contributed by atoms with Gasteiger partial charge in [0, 0.05) is 30.3 Å². The first-order chi connectivity index (χ1) is 12.0. The molecule has 0 atom stereocenters. The Hall–Kier alpha value is -3.01. The number of nitrogens with zero attached hydrogens (tertiary/aromatic N) is 2. The maximum Gasteiger partial charge on any atom is 0.166 e. The third-order valence-electron chi connectivity index (χ3n) is 3.29. The highest BCUT2D eigenvalue weighted by molar-refractivity contribution is 5.96. The second-order valence-electron chi connectivity index (χ2n) is 5.30. The molecule has 0 aliphatic rings. The number of fused-ring (bicyclic) bond motifs is 1. The second kappa shape index (κ2) is 7.71. The predicted molar refractivity (Wildman–Crippen MR) is 91.6 cm³/mol. The van der Waals surface area contributed by atoms with Crippen LogP contribution >= 0.6 is 0 Å². The molecule has 2 aromatic heterocycles. The Labute approximate surface area is 143 Å². The minimum atomic E-state index is -0.754. The van der Waals surface area contributed by atoms with Gasteiger partial charge in [0.1, 0.15) is 17.7 Å². The number of nitrogens with one attached hydrogen (secondary N) is 2. The van der Waals surface area contributed by atoms with Crippen molar-refractivity contribution in [2.75, 3.05) is 12.4 Å². The van der Waals surface area contributed by atoms with Crippen LogP contribution in [0.1, 0.15) is 25.8 Å². The van der Waals surface area contributed by atoms with Gasteiger partial charge in [-0.05, 0) is 12.1 Å². The van der Waals surface area contributed by atoms with E-state index in [-0.39, 0.29) is 28.0 Å². The Morgan fingerprint density at radius 3 is 2.44 bits per heavy atom. The molecule has 1 aromatic carbocycles. The van der Waals surface area contributed by atoms with Crippen LogP contribution in [0.15, 0.2) is 24.4 Å². The molecule has 0 unspecified atom stereocenters.